The van der Waals surface area contributed by atoms with Crippen LogP contribution in [0.3, 0.4) is 0 Å². The summed E-state index contributed by atoms with van der Waals surface area (Å²) in [4.78, 5) is 2.36. The summed E-state index contributed by atoms with van der Waals surface area (Å²) >= 11 is 9.43. The number of nitrogens with zero attached hydrogens (tertiary/aromatic N) is 1. The average Bonchev–Trinajstić information content (AvgIpc) is 2.75. The molecule has 3 rings (SSSR count). The van der Waals surface area contributed by atoms with Gasteiger partial charge in [0.15, 0.2) is 11.5 Å². The Balaban J connectivity index is 1.75. The number of hydrogen-bond acceptors (Lipinski definition) is 5. The molecule has 1 N–H and O–H groups in total. The van der Waals surface area contributed by atoms with Crippen LogP contribution >= 0.6 is 27.5 Å². The van der Waals surface area contributed by atoms with Crippen molar-refractivity contribution in [2.24, 2.45) is 5.10 Å². The summed E-state index contributed by atoms with van der Waals surface area (Å²) < 4.78 is 37.1. The molecule has 9 heteroatoms. The fourth-order valence-corrected chi connectivity index (χ4v) is 4.23. The first-order valence-electron chi connectivity index (χ1n) is 9.73. The van der Waals surface area contributed by atoms with Gasteiger partial charge >= 0.3 is 0 Å². The molecule has 0 aromatic heterocycles. The summed E-state index contributed by atoms with van der Waals surface area (Å²) in [5.41, 5.74) is 2.56. The second-order valence-electron chi connectivity index (χ2n) is 6.84. The molecule has 0 saturated heterocycles. The maximum Gasteiger partial charge on any atom is 0.276 e. The zero-order valence-corrected chi connectivity index (χ0v) is 20.7. The highest BCUT2D eigenvalue weighted by Crippen LogP contribution is 2.37. The number of nitrogens with one attached hydrogen (secondary N) is 1. The van der Waals surface area contributed by atoms with Crippen LogP contribution in [-0.4, -0.2) is 21.2 Å². The van der Waals surface area contributed by atoms with E-state index < -0.39 is 10.0 Å². The van der Waals surface area contributed by atoms with Crippen LogP contribution in [-0.2, 0) is 16.6 Å². The number of ether oxygens (including phenoxy) is 2. The molecule has 0 aliphatic carbocycles. The first kappa shape index (κ1) is 24.1. The van der Waals surface area contributed by atoms with E-state index in [-0.39, 0.29) is 4.90 Å². The lowest BCUT2D eigenvalue weighted by molar-refractivity contribution is 0.267. The fourth-order valence-electron chi connectivity index (χ4n) is 2.74. The molecule has 6 nitrogen and oxygen atoms in total. The van der Waals surface area contributed by atoms with Crippen LogP contribution in [0.15, 0.2) is 75.1 Å². The third-order valence-corrected chi connectivity index (χ3v) is 6.43. The monoisotopic (exact) mass is 536 g/mol. The van der Waals surface area contributed by atoms with Crippen LogP contribution in [0.4, 0.5) is 0 Å². The molecule has 3 aromatic carbocycles. The van der Waals surface area contributed by atoms with Crippen molar-refractivity contribution < 1.29 is 17.9 Å². The lowest BCUT2D eigenvalue weighted by Crippen LogP contribution is -2.18. The molecule has 168 valence electrons. The van der Waals surface area contributed by atoms with E-state index in [1.54, 1.807) is 36.4 Å². The Hall–Kier alpha value is -2.55. The van der Waals surface area contributed by atoms with Gasteiger partial charge in [-0.1, -0.05) is 41.4 Å². The second-order valence-corrected chi connectivity index (χ2v) is 9.80. The van der Waals surface area contributed by atoms with Gasteiger partial charge in [0.1, 0.15) is 6.61 Å². The van der Waals surface area contributed by atoms with Crippen molar-refractivity contribution in [1.82, 2.24) is 4.83 Å². The molecule has 0 saturated carbocycles. The average molecular weight is 538 g/mol. The fraction of sp³-hybridized carbons (Fsp3) is 0.174. The summed E-state index contributed by atoms with van der Waals surface area (Å²) in [6, 6.07) is 17.4. The number of rotatable bonds is 9. The summed E-state index contributed by atoms with van der Waals surface area (Å²) in [6.45, 7) is 4.52. The highest BCUT2D eigenvalue weighted by molar-refractivity contribution is 9.10. The summed E-state index contributed by atoms with van der Waals surface area (Å²) in [7, 11) is -3.75. The van der Waals surface area contributed by atoms with Crippen molar-refractivity contribution in [3.05, 3.63) is 86.8 Å². The minimum atomic E-state index is -3.75. The zero-order chi connectivity index (χ0) is 23.1. The number of hydrazone groups is 1. The van der Waals surface area contributed by atoms with Crippen molar-refractivity contribution >= 4 is 43.8 Å². The highest BCUT2D eigenvalue weighted by Gasteiger charge is 2.14. The van der Waals surface area contributed by atoms with Crippen LogP contribution in [0.2, 0.25) is 5.02 Å². The predicted octanol–water partition coefficient (Wildman–Crippen LogP) is 5.70. The van der Waals surface area contributed by atoms with E-state index >= 15 is 0 Å². The number of sulfonamides is 1. The van der Waals surface area contributed by atoms with Gasteiger partial charge in [-0.05, 0) is 77.3 Å². The van der Waals surface area contributed by atoms with Crippen LogP contribution < -0.4 is 14.3 Å². The van der Waals surface area contributed by atoms with Gasteiger partial charge in [-0.2, -0.15) is 13.5 Å². The van der Waals surface area contributed by atoms with Crippen LogP contribution in [0.25, 0.3) is 0 Å². The van der Waals surface area contributed by atoms with E-state index in [1.807, 2.05) is 26.0 Å². The van der Waals surface area contributed by atoms with E-state index in [9.17, 15) is 8.42 Å². The Bertz CT molecular complexity index is 1200. The smallest absolute Gasteiger partial charge is 0.276 e. The van der Waals surface area contributed by atoms with E-state index in [0.717, 1.165) is 11.1 Å². The normalized spacial score (nSPS) is 11.5. The minimum absolute atomic E-state index is 0.141. The Morgan fingerprint density at radius 2 is 1.75 bits per heavy atom. The van der Waals surface area contributed by atoms with E-state index in [0.29, 0.717) is 39.8 Å². The van der Waals surface area contributed by atoms with Crippen molar-refractivity contribution in [2.75, 3.05) is 6.61 Å². The van der Waals surface area contributed by atoms with Gasteiger partial charge in [-0.3, -0.25) is 0 Å². The Morgan fingerprint density at radius 1 is 1.06 bits per heavy atom. The number of aryl methyl sites for hydroxylation is 1. The van der Waals surface area contributed by atoms with Crippen molar-refractivity contribution in [2.45, 2.75) is 25.3 Å². The van der Waals surface area contributed by atoms with Crippen LogP contribution in [0.5, 0.6) is 11.5 Å². The molecule has 0 aliphatic rings. The molecule has 3 aromatic rings. The van der Waals surface area contributed by atoms with Gasteiger partial charge in [0.25, 0.3) is 10.0 Å². The molecule has 0 unspecified atom stereocenters. The van der Waals surface area contributed by atoms with Gasteiger partial charge in [-0.15, -0.1) is 0 Å². The SMILES string of the molecule is CCOc1cc(/C=N\NS(=O)(=O)c2ccc(C)cc2)cc(Br)c1OCc1ccc(Cl)cc1. The van der Waals surface area contributed by atoms with Crippen LogP contribution in [0.1, 0.15) is 23.6 Å². The van der Waals surface area contributed by atoms with Crippen LogP contribution in [0, 0.1) is 6.92 Å². The highest BCUT2D eigenvalue weighted by atomic mass is 79.9. The third kappa shape index (κ3) is 6.48. The van der Waals surface area contributed by atoms with Crippen molar-refractivity contribution in [3.63, 3.8) is 0 Å². The Kier molecular flexibility index (Phi) is 8.17. The molecule has 32 heavy (non-hydrogen) atoms. The molecular formula is C23H22BrClN2O4S. The van der Waals surface area contributed by atoms with Crippen molar-refractivity contribution in [3.8, 4) is 11.5 Å². The standard InChI is InChI=1S/C23H22BrClN2O4S/c1-3-30-22-13-18(14-26-27-32(28,29)20-10-4-16(2)5-11-20)12-21(24)23(22)31-15-17-6-8-19(25)9-7-17/h4-14,27H,3,15H2,1-2H3/b26-14-. The topological polar surface area (TPSA) is 77.0 Å². The van der Waals surface area contributed by atoms with Gasteiger partial charge in [0.2, 0.25) is 0 Å². The number of benzene rings is 3. The van der Waals surface area contributed by atoms with Gasteiger partial charge in [-0.25, -0.2) is 4.83 Å². The molecule has 0 amide bonds. The lowest BCUT2D eigenvalue weighted by Gasteiger charge is -2.14. The molecule has 0 atom stereocenters. The first-order valence-corrected chi connectivity index (χ1v) is 12.4. The molecule has 0 spiro atoms. The maximum atomic E-state index is 12.4. The molecule has 0 radical (unpaired) electrons. The largest absolute Gasteiger partial charge is 0.490 e. The molecular weight excluding hydrogens is 516 g/mol. The predicted molar refractivity (Wildman–Crippen MR) is 130 cm³/mol. The maximum absolute atomic E-state index is 12.4. The van der Waals surface area contributed by atoms with E-state index in [1.165, 1.54) is 18.3 Å². The Labute approximate surface area is 201 Å². The summed E-state index contributed by atoms with van der Waals surface area (Å²) in [6.07, 6.45) is 1.40. The molecule has 0 heterocycles. The number of halogens is 2. The van der Waals surface area contributed by atoms with E-state index in [2.05, 4.69) is 25.9 Å². The molecule has 0 fully saturated rings. The number of hydrogen-bond donors (Lipinski definition) is 1. The van der Waals surface area contributed by atoms with Gasteiger partial charge in [0.05, 0.1) is 22.2 Å². The third-order valence-electron chi connectivity index (χ3n) is 4.35. The molecule has 0 bridgehead atoms. The summed E-state index contributed by atoms with van der Waals surface area (Å²) in [5, 5.41) is 4.55. The quantitative estimate of drug-likeness (QED) is 0.281. The van der Waals surface area contributed by atoms with Crippen molar-refractivity contribution in [1.29, 1.82) is 0 Å². The first-order chi connectivity index (χ1) is 15.3. The zero-order valence-electron chi connectivity index (χ0n) is 17.5. The van der Waals surface area contributed by atoms with E-state index in [4.69, 9.17) is 21.1 Å². The molecule has 0 aliphatic heterocycles. The Morgan fingerprint density at radius 3 is 2.41 bits per heavy atom. The van der Waals surface area contributed by atoms with Gasteiger partial charge < -0.3 is 9.47 Å². The lowest BCUT2D eigenvalue weighted by atomic mass is 10.2. The minimum Gasteiger partial charge on any atom is -0.490 e. The van der Waals surface area contributed by atoms with Gasteiger partial charge in [0, 0.05) is 5.02 Å². The second kappa shape index (κ2) is 10.8. The summed E-state index contributed by atoms with van der Waals surface area (Å²) in [5.74, 6) is 1.05.